The van der Waals surface area contributed by atoms with E-state index in [-0.39, 0.29) is 0 Å². The van der Waals surface area contributed by atoms with Crippen molar-refractivity contribution in [3.05, 3.63) is 22.7 Å². The molecule has 1 aliphatic carbocycles. The van der Waals surface area contributed by atoms with Crippen LogP contribution in [0.2, 0.25) is 5.02 Å². The van der Waals surface area contributed by atoms with Crippen LogP contribution < -0.4 is 14.8 Å². The Kier molecular flexibility index (Phi) is 5.39. The van der Waals surface area contributed by atoms with Gasteiger partial charge in [0, 0.05) is 12.6 Å². The Balaban J connectivity index is 2.03. The van der Waals surface area contributed by atoms with Crippen molar-refractivity contribution in [2.75, 3.05) is 14.2 Å². The Morgan fingerprint density at radius 1 is 1.29 bits per heavy atom. The monoisotopic (exact) mass is 311 g/mol. The van der Waals surface area contributed by atoms with Crippen LogP contribution in [0.3, 0.4) is 0 Å². The number of benzene rings is 1. The van der Waals surface area contributed by atoms with Gasteiger partial charge in [-0.2, -0.15) is 0 Å². The molecule has 21 heavy (non-hydrogen) atoms. The third-order valence-corrected chi connectivity index (χ3v) is 4.77. The Hall–Kier alpha value is -0.930. The fourth-order valence-corrected chi connectivity index (χ4v) is 3.49. The number of nitrogens with one attached hydrogen (secondary N) is 1. The maximum Gasteiger partial charge on any atom is 0.179 e. The summed E-state index contributed by atoms with van der Waals surface area (Å²) in [6, 6.07) is 4.48. The first-order valence-electron chi connectivity index (χ1n) is 7.59. The van der Waals surface area contributed by atoms with E-state index in [2.05, 4.69) is 19.2 Å². The average molecular weight is 312 g/mol. The fraction of sp³-hybridized carbons (Fsp3) is 0.647. The minimum atomic E-state index is 0.442. The van der Waals surface area contributed by atoms with E-state index in [1.807, 2.05) is 12.1 Å². The third-order valence-electron chi connectivity index (χ3n) is 4.35. The lowest BCUT2D eigenvalue weighted by Gasteiger charge is -2.35. The Morgan fingerprint density at radius 3 is 2.67 bits per heavy atom. The van der Waals surface area contributed by atoms with E-state index in [0.29, 0.717) is 28.0 Å². The highest BCUT2D eigenvalue weighted by atomic mass is 35.5. The van der Waals surface area contributed by atoms with Crippen LogP contribution >= 0.6 is 11.6 Å². The molecule has 1 aromatic rings. The normalized spacial score (nSPS) is 21.1. The van der Waals surface area contributed by atoms with Gasteiger partial charge in [-0.1, -0.05) is 37.9 Å². The lowest BCUT2D eigenvalue weighted by molar-refractivity contribution is 0.197. The van der Waals surface area contributed by atoms with Gasteiger partial charge in [-0.05, 0) is 36.3 Å². The summed E-state index contributed by atoms with van der Waals surface area (Å²) >= 11 is 6.42. The molecule has 1 aliphatic rings. The third kappa shape index (κ3) is 4.04. The van der Waals surface area contributed by atoms with E-state index in [4.69, 9.17) is 21.1 Å². The zero-order chi connectivity index (χ0) is 15.5. The molecule has 0 aliphatic heterocycles. The summed E-state index contributed by atoms with van der Waals surface area (Å²) in [5.74, 6) is 1.28. The highest BCUT2D eigenvalue weighted by Gasteiger charge is 2.27. The van der Waals surface area contributed by atoms with Gasteiger partial charge in [0.05, 0.1) is 19.2 Å². The van der Waals surface area contributed by atoms with Crippen LogP contribution in [0.5, 0.6) is 11.5 Å². The smallest absolute Gasteiger partial charge is 0.179 e. The van der Waals surface area contributed by atoms with Crippen molar-refractivity contribution in [3.63, 3.8) is 0 Å². The number of ether oxygens (including phenoxy) is 2. The van der Waals surface area contributed by atoms with E-state index < -0.39 is 0 Å². The van der Waals surface area contributed by atoms with Crippen molar-refractivity contribution in [1.82, 2.24) is 5.32 Å². The average Bonchev–Trinajstić information content (AvgIpc) is 2.44. The van der Waals surface area contributed by atoms with Crippen molar-refractivity contribution in [3.8, 4) is 11.5 Å². The summed E-state index contributed by atoms with van der Waals surface area (Å²) in [5, 5.41) is 4.28. The van der Waals surface area contributed by atoms with E-state index in [0.717, 1.165) is 12.1 Å². The molecule has 0 bridgehead atoms. The van der Waals surface area contributed by atoms with Gasteiger partial charge in [0.15, 0.2) is 11.5 Å². The zero-order valence-electron chi connectivity index (χ0n) is 13.5. The number of methoxy groups -OCH3 is 2. The lowest BCUT2D eigenvalue weighted by atomic mass is 9.75. The molecule has 4 heteroatoms. The summed E-state index contributed by atoms with van der Waals surface area (Å²) in [5.41, 5.74) is 1.50. The Morgan fingerprint density at radius 2 is 2.05 bits per heavy atom. The van der Waals surface area contributed by atoms with E-state index in [1.165, 1.54) is 25.7 Å². The number of hydrogen-bond acceptors (Lipinski definition) is 3. The standard InChI is InChI=1S/C17H26ClNO2/c1-17(2)9-5-6-13(10-17)19-11-12-7-8-14(20-3)16(21-4)15(12)18/h7-8,13,19H,5-6,9-11H2,1-4H3. The molecule has 1 unspecified atom stereocenters. The summed E-state index contributed by atoms with van der Waals surface area (Å²) in [7, 11) is 3.24. The second kappa shape index (κ2) is 6.89. The van der Waals surface area contributed by atoms with Crippen LogP contribution in [0.15, 0.2) is 12.1 Å². The molecule has 1 aromatic carbocycles. The molecule has 1 fully saturated rings. The van der Waals surface area contributed by atoms with Gasteiger partial charge in [0.1, 0.15) is 0 Å². The van der Waals surface area contributed by atoms with Crippen molar-refractivity contribution in [2.45, 2.75) is 52.1 Å². The number of rotatable bonds is 5. The molecular weight excluding hydrogens is 286 g/mol. The molecular formula is C17H26ClNO2. The number of hydrogen-bond donors (Lipinski definition) is 1. The van der Waals surface area contributed by atoms with Crippen molar-refractivity contribution >= 4 is 11.6 Å². The summed E-state index contributed by atoms with van der Waals surface area (Å²) in [4.78, 5) is 0. The van der Waals surface area contributed by atoms with Gasteiger partial charge in [0.2, 0.25) is 0 Å². The highest BCUT2D eigenvalue weighted by Crippen LogP contribution is 2.38. The SMILES string of the molecule is COc1ccc(CNC2CCCC(C)(C)C2)c(Cl)c1OC. The van der Waals surface area contributed by atoms with Crippen molar-refractivity contribution in [1.29, 1.82) is 0 Å². The first-order chi connectivity index (χ1) is 9.96. The molecule has 1 saturated carbocycles. The molecule has 0 saturated heterocycles. The molecule has 0 spiro atoms. The molecule has 0 radical (unpaired) electrons. The maximum absolute atomic E-state index is 6.42. The fourth-order valence-electron chi connectivity index (χ4n) is 3.19. The van der Waals surface area contributed by atoms with Crippen LogP contribution in [0, 0.1) is 5.41 Å². The van der Waals surface area contributed by atoms with E-state index in [1.54, 1.807) is 14.2 Å². The number of halogens is 1. The minimum Gasteiger partial charge on any atom is -0.493 e. The van der Waals surface area contributed by atoms with Crippen LogP contribution in [0.25, 0.3) is 0 Å². The summed E-state index contributed by atoms with van der Waals surface area (Å²) < 4.78 is 10.6. The second-order valence-electron chi connectivity index (χ2n) is 6.61. The van der Waals surface area contributed by atoms with Crippen LogP contribution in [-0.4, -0.2) is 20.3 Å². The molecule has 2 rings (SSSR count). The van der Waals surface area contributed by atoms with E-state index >= 15 is 0 Å². The largest absolute Gasteiger partial charge is 0.493 e. The highest BCUT2D eigenvalue weighted by molar-refractivity contribution is 6.33. The molecule has 1 atom stereocenters. The molecule has 0 amide bonds. The van der Waals surface area contributed by atoms with Gasteiger partial charge in [-0.15, -0.1) is 0 Å². The van der Waals surface area contributed by atoms with Crippen LogP contribution in [0.1, 0.15) is 45.1 Å². The second-order valence-corrected chi connectivity index (χ2v) is 6.99. The topological polar surface area (TPSA) is 30.5 Å². The maximum atomic E-state index is 6.42. The van der Waals surface area contributed by atoms with Gasteiger partial charge < -0.3 is 14.8 Å². The van der Waals surface area contributed by atoms with E-state index in [9.17, 15) is 0 Å². The van der Waals surface area contributed by atoms with Gasteiger partial charge in [0.25, 0.3) is 0 Å². The Labute approximate surface area is 133 Å². The van der Waals surface area contributed by atoms with Crippen molar-refractivity contribution in [2.24, 2.45) is 5.41 Å². The predicted octanol–water partition coefficient (Wildman–Crippen LogP) is 4.42. The van der Waals surface area contributed by atoms with Gasteiger partial charge >= 0.3 is 0 Å². The molecule has 0 aromatic heterocycles. The molecule has 1 N–H and O–H groups in total. The quantitative estimate of drug-likeness (QED) is 0.873. The lowest BCUT2D eigenvalue weighted by Crippen LogP contribution is -2.36. The zero-order valence-corrected chi connectivity index (χ0v) is 14.2. The molecule has 118 valence electrons. The first kappa shape index (κ1) is 16.4. The van der Waals surface area contributed by atoms with Gasteiger partial charge in [-0.25, -0.2) is 0 Å². The summed E-state index contributed by atoms with van der Waals surface area (Å²) in [6.45, 7) is 5.47. The Bertz CT molecular complexity index is 488. The first-order valence-corrected chi connectivity index (χ1v) is 7.97. The molecule has 0 heterocycles. The van der Waals surface area contributed by atoms with Crippen molar-refractivity contribution < 1.29 is 9.47 Å². The van der Waals surface area contributed by atoms with Gasteiger partial charge in [-0.3, -0.25) is 0 Å². The van der Waals surface area contributed by atoms with Crippen LogP contribution in [-0.2, 0) is 6.54 Å². The summed E-state index contributed by atoms with van der Waals surface area (Å²) in [6.07, 6.45) is 5.08. The van der Waals surface area contributed by atoms with Crippen LogP contribution in [0.4, 0.5) is 0 Å². The molecule has 3 nitrogen and oxygen atoms in total. The predicted molar refractivity (Wildman–Crippen MR) is 87.4 cm³/mol. The minimum absolute atomic E-state index is 0.442.